The first-order chi connectivity index (χ1) is 9.25. The summed E-state index contributed by atoms with van der Waals surface area (Å²) in [6, 6.07) is 6.08. The summed E-state index contributed by atoms with van der Waals surface area (Å²) in [5.74, 6) is 0.356. The van der Waals surface area contributed by atoms with Gasteiger partial charge in [-0.2, -0.15) is 0 Å². The van der Waals surface area contributed by atoms with Crippen molar-refractivity contribution in [3.05, 3.63) is 30.1 Å². The van der Waals surface area contributed by atoms with Crippen molar-refractivity contribution in [2.75, 3.05) is 0 Å². The van der Waals surface area contributed by atoms with Gasteiger partial charge in [0.15, 0.2) is 0 Å². The number of nitrogens with zero attached hydrogens (tertiary/aromatic N) is 2. The molecule has 19 heavy (non-hydrogen) atoms. The maximum Gasteiger partial charge on any atom is 0.229 e. The third-order valence-corrected chi connectivity index (χ3v) is 4.51. The summed E-state index contributed by atoms with van der Waals surface area (Å²) in [6.07, 6.45) is 6.21. The van der Waals surface area contributed by atoms with Crippen LogP contribution in [-0.2, 0) is 11.3 Å². The fourth-order valence-corrected chi connectivity index (χ4v) is 3.46. The summed E-state index contributed by atoms with van der Waals surface area (Å²) < 4.78 is 0. The molecule has 2 aliphatic rings. The maximum atomic E-state index is 12.6. The molecule has 3 unspecified atom stereocenters. The maximum absolute atomic E-state index is 12.6. The molecule has 1 saturated carbocycles. The first kappa shape index (κ1) is 12.9. The number of aromatic nitrogens is 1. The van der Waals surface area contributed by atoms with Gasteiger partial charge in [0.2, 0.25) is 5.91 Å². The van der Waals surface area contributed by atoms with Crippen LogP contribution in [-0.4, -0.2) is 27.3 Å². The van der Waals surface area contributed by atoms with E-state index < -0.39 is 0 Å². The van der Waals surface area contributed by atoms with Crippen molar-refractivity contribution in [3.8, 4) is 0 Å². The fourth-order valence-electron chi connectivity index (χ4n) is 3.07. The van der Waals surface area contributed by atoms with Crippen LogP contribution in [0.1, 0.15) is 31.4 Å². The van der Waals surface area contributed by atoms with E-state index in [0.29, 0.717) is 12.6 Å². The molecule has 1 aromatic heterocycles. The summed E-state index contributed by atoms with van der Waals surface area (Å²) in [4.78, 5) is 18.7. The highest BCUT2D eigenvalue weighted by atomic mass is 32.1. The van der Waals surface area contributed by atoms with E-state index in [0.717, 1.165) is 25.0 Å². The van der Waals surface area contributed by atoms with E-state index in [2.05, 4.69) is 22.9 Å². The van der Waals surface area contributed by atoms with Crippen molar-refractivity contribution in [2.45, 2.75) is 43.8 Å². The Hall–Kier alpha value is -1.07. The van der Waals surface area contributed by atoms with Gasteiger partial charge in [0, 0.05) is 12.2 Å². The Morgan fingerprint density at radius 1 is 1.37 bits per heavy atom. The minimum Gasteiger partial charge on any atom is -0.312 e. The average molecular weight is 277 g/mol. The number of carbonyl (C=O) groups is 1. The number of thiol groups is 1. The molecule has 1 N–H and O–H groups in total. The monoisotopic (exact) mass is 277 g/mol. The Balaban J connectivity index is 1.75. The summed E-state index contributed by atoms with van der Waals surface area (Å²) in [5.41, 5.74) is 0.708. The van der Waals surface area contributed by atoms with Crippen LogP contribution >= 0.6 is 12.6 Å². The molecular weight excluding hydrogens is 258 g/mol. The molecule has 1 aromatic rings. The predicted molar refractivity (Wildman–Crippen MR) is 76.4 cm³/mol. The van der Waals surface area contributed by atoms with Gasteiger partial charge in [0.1, 0.15) is 5.50 Å². The van der Waals surface area contributed by atoms with Gasteiger partial charge in [-0.1, -0.05) is 18.9 Å². The number of fused-ring (bicyclic) bond motifs is 1. The molecule has 4 nitrogen and oxygen atoms in total. The molecule has 1 aliphatic carbocycles. The molecule has 0 bridgehead atoms. The minimum atomic E-state index is -0.200. The van der Waals surface area contributed by atoms with E-state index in [4.69, 9.17) is 0 Å². The summed E-state index contributed by atoms with van der Waals surface area (Å²) in [7, 11) is 0. The van der Waals surface area contributed by atoms with Crippen molar-refractivity contribution >= 4 is 18.5 Å². The Kier molecular flexibility index (Phi) is 3.75. The van der Waals surface area contributed by atoms with Crippen molar-refractivity contribution in [1.29, 1.82) is 0 Å². The quantitative estimate of drug-likeness (QED) is 0.810. The second-order valence-corrected chi connectivity index (χ2v) is 5.81. The van der Waals surface area contributed by atoms with Crippen molar-refractivity contribution in [3.63, 3.8) is 0 Å². The number of nitrogens with one attached hydrogen (secondary N) is 1. The van der Waals surface area contributed by atoms with Gasteiger partial charge in [-0.25, -0.2) is 0 Å². The molecule has 5 heteroatoms. The Morgan fingerprint density at radius 2 is 2.21 bits per heavy atom. The number of pyridine rings is 1. The van der Waals surface area contributed by atoms with Crippen molar-refractivity contribution < 1.29 is 4.79 Å². The first-order valence-corrected chi connectivity index (χ1v) is 7.42. The molecule has 3 rings (SSSR count). The highest BCUT2D eigenvalue weighted by Crippen LogP contribution is 2.31. The number of rotatable bonds is 2. The van der Waals surface area contributed by atoms with Crippen LogP contribution in [0.2, 0.25) is 0 Å². The van der Waals surface area contributed by atoms with E-state index in [1.807, 2.05) is 18.2 Å². The molecule has 3 atom stereocenters. The number of hydrogen-bond donors (Lipinski definition) is 2. The van der Waals surface area contributed by atoms with Gasteiger partial charge < -0.3 is 4.90 Å². The summed E-state index contributed by atoms with van der Waals surface area (Å²) in [5, 5.41) is 3.46. The van der Waals surface area contributed by atoms with E-state index >= 15 is 0 Å². The zero-order valence-electron chi connectivity index (χ0n) is 10.8. The highest BCUT2D eigenvalue weighted by molar-refractivity contribution is 7.80. The van der Waals surface area contributed by atoms with E-state index in [1.165, 1.54) is 6.42 Å². The molecule has 1 aliphatic heterocycles. The summed E-state index contributed by atoms with van der Waals surface area (Å²) in [6.45, 7) is 0.532. The standard InChI is InChI=1S/C14H19N3OS/c18-13-11-6-1-2-7-12(11)16-14(19)17(13)9-10-5-3-4-8-15-10/h3-5,8,11-12,14,16,19H,1-2,6-7,9H2. The van der Waals surface area contributed by atoms with Crippen molar-refractivity contribution in [1.82, 2.24) is 15.2 Å². The van der Waals surface area contributed by atoms with Crippen molar-refractivity contribution in [2.24, 2.45) is 5.92 Å². The van der Waals surface area contributed by atoms with Gasteiger partial charge in [0.05, 0.1) is 18.2 Å². The normalized spacial score (nSPS) is 31.1. The van der Waals surface area contributed by atoms with Crippen LogP contribution in [0.25, 0.3) is 0 Å². The van der Waals surface area contributed by atoms with Crippen LogP contribution in [0.3, 0.4) is 0 Å². The topological polar surface area (TPSA) is 45.2 Å². The van der Waals surface area contributed by atoms with Crippen LogP contribution in [0, 0.1) is 5.92 Å². The SMILES string of the molecule is O=C1C2CCCCC2NC(S)N1Cc1ccccn1. The highest BCUT2D eigenvalue weighted by Gasteiger charge is 2.41. The second kappa shape index (κ2) is 5.51. The Bertz CT molecular complexity index is 453. The third-order valence-electron chi connectivity index (χ3n) is 4.08. The minimum absolute atomic E-state index is 0.126. The number of carbonyl (C=O) groups excluding carboxylic acids is 1. The third kappa shape index (κ3) is 2.62. The lowest BCUT2D eigenvalue weighted by atomic mass is 9.82. The lowest BCUT2D eigenvalue weighted by Gasteiger charge is -2.44. The molecule has 2 fully saturated rings. The molecule has 0 spiro atoms. The number of hydrogen-bond acceptors (Lipinski definition) is 4. The largest absolute Gasteiger partial charge is 0.312 e. The Morgan fingerprint density at radius 3 is 3.00 bits per heavy atom. The van der Waals surface area contributed by atoms with Crippen LogP contribution in [0.5, 0.6) is 0 Å². The lowest BCUT2D eigenvalue weighted by molar-refractivity contribution is -0.144. The smallest absolute Gasteiger partial charge is 0.229 e. The van der Waals surface area contributed by atoms with Gasteiger partial charge in [-0.3, -0.25) is 15.1 Å². The lowest BCUT2D eigenvalue weighted by Crippen LogP contribution is -2.61. The molecular formula is C14H19N3OS. The number of amides is 1. The van der Waals surface area contributed by atoms with Gasteiger partial charge in [-0.05, 0) is 25.0 Å². The average Bonchev–Trinajstić information content (AvgIpc) is 2.45. The fraction of sp³-hybridized carbons (Fsp3) is 0.571. The van der Waals surface area contributed by atoms with E-state index in [1.54, 1.807) is 11.1 Å². The Labute approximate surface area is 119 Å². The molecule has 102 valence electrons. The van der Waals surface area contributed by atoms with Crippen LogP contribution in [0.4, 0.5) is 0 Å². The first-order valence-electron chi connectivity index (χ1n) is 6.90. The van der Waals surface area contributed by atoms with Gasteiger partial charge in [0.25, 0.3) is 0 Å². The molecule has 0 aromatic carbocycles. The van der Waals surface area contributed by atoms with E-state index in [-0.39, 0.29) is 17.3 Å². The van der Waals surface area contributed by atoms with Gasteiger partial charge in [-0.15, -0.1) is 12.6 Å². The second-order valence-electron chi connectivity index (χ2n) is 5.32. The zero-order valence-corrected chi connectivity index (χ0v) is 11.7. The van der Waals surface area contributed by atoms with Crippen LogP contribution < -0.4 is 5.32 Å². The van der Waals surface area contributed by atoms with E-state index in [9.17, 15) is 4.79 Å². The predicted octanol–water partition coefficient (Wildman–Crippen LogP) is 1.79. The molecule has 2 heterocycles. The summed E-state index contributed by atoms with van der Waals surface area (Å²) >= 11 is 4.53. The zero-order chi connectivity index (χ0) is 13.2. The van der Waals surface area contributed by atoms with Crippen LogP contribution in [0.15, 0.2) is 24.4 Å². The van der Waals surface area contributed by atoms with Gasteiger partial charge >= 0.3 is 0 Å². The molecule has 0 radical (unpaired) electrons. The molecule has 1 saturated heterocycles. The molecule has 1 amide bonds.